The Bertz CT molecular complexity index is 557. The molecule has 0 aliphatic carbocycles. The molecule has 90 valence electrons. The zero-order valence-corrected chi connectivity index (χ0v) is 10.9. The molecule has 1 heterocycles. The molecule has 0 unspecified atom stereocenters. The molecule has 0 radical (unpaired) electrons. The Hall–Kier alpha value is -1.55. The second kappa shape index (κ2) is 4.75. The van der Waals surface area contributed by atoms with Crippen molar-refractivity contribution in [1.82, 2.24) is 0 Å². The number of rotatable bonds is 3. The predicted molar refractivity (Wildman–Crippen MR) is 69.1 cm³/mol. The van der Waals surface area contributed by atoms with Gasteiger partial charge in [-0.15, -0.1) is 11.3 Å². The van der Waals surface area contributed by atoms with Crippen molar-refractivity contribution < 1.29 is 14.3 Å². The summed E-state index contributed by atoms with van der Waals surface area (Å²) < 4.78 is 11.4. The van der Waals surface area contributed by atoms with Gasteiger partial charge in [-0.3, -0.25) is 0 Å². The standard InChI is InChI=1S/C13H14O3S/c1-4-16-13(14)9-5-10(15-3)12-8(2)7-17-11(12)6-9/h5-7H,4H2,1-3H3. The number of hydrogen-bond donors (Lipinski definition) is 0. The fourth-order valence-electron chi connectivity index (χ4n) is 1.78. The molecule has 0 saturated carbocycles. The molecule has 0 fully saturated rings. The second-order valence-electron chi connectivity index (χ2n) is 3.69. The van der Waals surface area contributed by atoms with Gasteiger partial charge in [0, 0.05) is 10.1 Å². The molecule has 0 saturated heterocycles. The molecule has 1 aromatic heterocycles. The van der Waals surface area contributed by atoms with Crippen molar-refractivity contribution in [1.29, 1.82) is 0 Å². The van der Waals surface area contributed by atoms with Crippen LogP contribution < -0.4 is 4.74 Å². The molecule has 2 rings (SSSR count). The predicted octanol–water partition coefficient (Wildman–Crippen LogP) is 3.40. The van der Waals surface area contributed by atoms with Gasteiger partial charge in [0.15, 0.2) is 0 Å². The van der Waals surface area contributed by atoms with E-state index in [4.69, 9.17) is 9.47 Å². The van der Waals surface area contributed by atoms with E-state index in [0.29, 0.717) is 12.2 Å². The monoisotopic (exact) mass is 250 g/mol. The Labute approximate surface area is 104 Å². The highest BCUT2D eigenvalue weighted by Gasteiger charge is 2.14. The minimum atomic E-state index is -0.307. The van der Waals surface area contributed by atoms with Crippen molar-refractivity contribution in [3.8, 4) is 5.75 Å². The molecule has 17 heavy (non-hydrogen) atoms. The third-order valence-corrected chi connectivity index (χ3v) is 3.60. The molecule has 4 heteroatoms. The number of carbonyl (C=O) groups excluding carboxylic acids is 1. The summed E-state index contributed by atoms with van der Waals surface area (Å²) >= 11 is 1.61. The molecule has 0 atom stereocenters. The number of fused-ring (bicyclic) bond motifs is 1. The summed E-state index contributed by atoms with van der Waals surface area (Å²) in [5.74, 6) is 0.419. The SMILES string of the molecule is CCOC(=O)c1cc(OC)c2c(C)csc2c1. The molecule has 0 amide bonds. The van der Waals surface area contributed by atoms with Crippen LogP contribution in [0.3, 0.4) is 0 Å². The molecule has 0 aliphatic rings. The van der Waals surface area contributed by atoms with E-state index in [1.807, 2.05) is 13.0 Å². The van der Waals surface area contributed by atoms with E-state index in [-0.39, 0.29) is 5.97 Å². The van der Waals surface area contributed by atoms with Gasteiger partial charge in [0.25, 0.3) is 0 Å². The number of carbonyl (C=O) groups is 1. The largest absolute Gasteiger partial charge is 0.496 e. The van der Waals surface area contributed by atoms with Crippen LogP contribution in [0.15, 0.2) is 17.5 Å². The third kappa shape index (κ3) is 2.13. The number of thiophene rings is 1. The van der Waals surface area contributed by atoms with Crippen LogP contribution in [0.5, 0.6) is 5.75 Å². The van der Waals surface area contributed by atoms with Gasteiger partial charge in [0.05, 0.1) is 19.3 Å². The summed E-state index contributed by atoms with van der Waals surface area (Å²) in [5, 5.41) is 3.13. The van der Waals surface area contributed by atoms with E-state index in [1.54, 1.807) is 31.4 Å². The Morgan fingerprint density at radius 1 is 1.41 bits per heavy atom. The maximum Gasteiger partial charge on any atom is 0.338 e. The first-order valence-corrected chi connectivity index (χ1v) is 6.28. The van der Waals surface area contributed by atoms with Crippen LogP contribution in [-0.4, -0.2) is 19.7 Å². The minimum Gasteiger partial charge on any atom is -0.496 e. The Morgan fingerprint density at radius 3 is 2.82 bits per heavy atom. The zero-order chi connectivity index (χ0) is 12.4. The van der Waals surface area contributed by atoms with Crippen LogP contribution >= 0.6 is 11.3 Å². The van der Waals surface area contributed by atoms with Crippen LogP contribution in [0.2, 0.25) is 0 Å². The van der Waals surface area contributed by atoms with Crippen molar-refractivity contribution in [2.45, 2.75) is 13.8 Å². The first-order chi connectivity index (χ1) is 8.17. The van der Waals surface area contributed by atoms with Crippen molar-refractivity contribution in [2.24, 2.45) is 0 Å². The Morgan fingerprint density at radius 2 is 2.18 bits per heavy atom. The van der Waals surface area contributed by atoms with Gasteiger partial charge in [-0.1, -0.05) is 0 Å². The van der Waals surface area contributed by atoms with Gasteiger partial charge in [-0.2, -0.15) is 0 Å². The summed E-state index contributed by atoms with van der Waals surface area (Å²) in [6.07, 6.45) is 0. The fourth-order valence-corrected chi connectivity index (χ4v) is 2.77. The molecule has 0 N–H and O–H groups in total. The third-order valence-electron chi connectivity index (χ3n) is 2.55. The summed E-state index contributed by atoms with van der Waals surface area (Å²) in [6, 6.07) is 3.59. The van der Waals surface area contributed by atoms with Crippen molar-refractivity contribution in [3.63, 3.8) is 0 Å². The van der Waals surface area contributed by atoms with Crippen LogP contribution in [0.25, 0.3) is 10.1 Å². The quantitative estimate of drug-likeness (QED) is 0.783. The molecular formula is C13H14O3S. The lowest BCUT2D eigenvalue weighted by Gasteiger charge is -2.07. The highest BCUT2D eigenvalue weighted by atomic mass is 32.1. The molecule has 3 nitrogen and oxygen atoms in total. The maximum absolute atomic E-state index is 11.7. The number of ether oxygens (including phenoxy) is 2. The van der Waals surface area contributed by atoms with E-state index in [9.17, 15) is 4.79 Å². The van der Waals surface area contributed by atoms with E-state index < -0.39 is 0 Å². The minimum absolute atomic E-state index is 0.307. The normalized spacial score (nSPS) is 10.5. The lowest BCUT2D eigenvalue weighted by atomic mass is 10.1. The number of aryl methyl sites for hydroxylation is 1. The summed E-state index contributed by atoms with van der Waals surface area (Å²) in [7, 11) is 1.61. The van der Waals surface area contributed by atoms with E-state index in [1.165, 1.54) is 0 Å². The van der Waals surface area contributed by atoms with Crippen molar-refractivity contribution >= 4 is 27.4 Å². The van der Waals surface area contributed by atoms with Gasteiger partial charge >= 0.3 is 5.97 Å². The first-order valence-electron chi connectivity index (χ1n) is 5.40. The second-order valence-corrected chi connectivity index (χ2v) is 4.60. The smallest absolute Gasteiger partial charge is 0.338 e. The number of benzene rings is 1. The average molecular weight is 250 g/mol. The van der Waals surface area contributed by atoms with Crippen LogP contribution in [0, 0.1) is 6.92 Å². The summed E-state index contributed by atoms with van der Waals surface area (Å²) in [5.41, 5.74) is 1.70. The number of methoxy groups -OCH3 is 1. The lowest BCUT2D eigenvalue weighted by molar-refractivity contribution is 0.0526. The van der Waals surface area contributed by atoms with Crippen molar-refractivity contribution in [3.05, 3.63) is 28.6 Å². The highest BCUT2D eigenvalue weighted by molar-refractivity contribution is 7.17. The molecule has 2 aromatic rings. The summed E-state index contributed by atoms with van der Waals surface area (Å²) in [6.45, 7) is 4.21. The van der Waals surface area contributed by atoms with Gasteiger partial charge in [-0.25, -0.2) is 4.79 Å². The van der Waals surface area contributed by atoms with Crippen molar-refractivity contribution in [2.75, 3.05) is 13.7 Å². The molecule has 0 bridgehead atoms. The number of hydrogen-bond acceptors (Lipinski definition) is 4. The fraction of sp³-hybridized carbons (Fsp3) is 0.308. The maximum atomic E-state index is 11.7. The van der Waals surface area contributed by atoms with E-state index in [2.05, 4.69) is 5.38 Å². The summed E-state index contributed by atoms with van der Waals surface area (Å²) in [4.78, 5) is 11.7. The highest BCUT2D eigenvalue weighted by Crippen LogP contribution is 2.34. The molecule has 0 aliphatic heterocycles. The molecular weight excluding hydrogens is 236 g/mol. The molecule has 1 aromatic carbocycles. The van der Waals surface area contributed by atoms with Crippen LogP contribution in [-0.2, 0) is 4.74 Å². The van der Waals surface area contributed by atoms with Gasteiger partial charge < -0.3 is 9.47 Å². The lowest BCUT2D eigenvalue weighted by Crippen LogP contribution is -2.04. The zero-order valence-electron chi connectivity index (χ0n) is 10.1. The van der Waals surface area contributed by atoms with E-state index in [0.717, 1.165) is 21.4 Å². The first kappa shape index (κ1) is 11.9. The van der Waals surface area contributed by atoms with Crippen LogP contribution in [0.1, 0.15) is 22.8 Å². The topological polar surface area (TPSA) is 35.5 Å². The molecule has 0 spiro atoms. The Balaban J connectivity index is 2.57. The average Bonchev–Trinajstić information content (AvgIpc) is 2.70. The van der Waals surface area contributed by atoms with Crippen LogP contribution in [0.4, 0.5) is 0 Å². The van der Waals surface area contributed by atoms with Gasteiger partial charge in [0.2, 0.25) is 0 Å². The van der Waals surface area contributed by atoms with Gasteiger partial charge in [-0.05, 0) is 36.9 Å². The van der Waals surface area contributed by atoms with E-state index >= 15 is 0 Å². The van der Waals surface area contributed by atoms with Gasteiger partial charge in [0.1, 0.15) is 5.75 Å². The Kier molecular flexibility index (Phi) is 3.33. The number of esters is 1.